The average molecular weight is 251 g/mol. The molecule has 1 rings (SSSR count). The molecule has 1 aliphatic heterocycles. The molecule has 0 spiro atoms. The first-order valence-electron chi connectivity index (χ1n) is 5.71. The van der Waals surface area contributed by atoms with Crippen LogP contribution in [-0.2, 0) is 14.8 Å². The van der Waals surface area contributed by atoms with Crippen molar-refractivity contribution in [2.45, 2.75) is 32.3 Å². The van der Waals surface area contributed by atoms with E-state index in [-0.39, 0.29) is 25.4 Å². The van der Waals surface area contributed by atoms with Crippen molar-refractivity contribution < 1.29 is 18.3 Å². The SMILES string of the molecule is CCCC1(O)CN(S(=O)(=O)CCOCC)C1. The lowest BCUT2D eigenvalue weighted by molar-refractivity contribution is -0.0654. The lowest BCUT2D eigenvalue weighted by Crippen LogP contribution is -2.63. The van der Waals surface area contributed by atoms with Gasteiger partial charge in [0.05, 0.1) is 18.0 Å². The summed E-state index contributed by atoms with van der Waals surface area (Å²) in [6.07, 6.45) is 1.52. The van der Waals surface area contributed by atoms with E-state index < -0.39 is 15.6 Å². The van der Waals surface area contributed by atoms with Crippen molar-refractivity contribution in [1.29, 1.82) is 0 Å². The van der Waals surface area contributed by atoms with Gasteiger partial charge in [-0.3, -0.25) is 0 Å². The van der Waals surface area contributed by atoms with E-state index in [1.807, 2.05) is 13.8 Å². The summed E-state index contributed by atoms with van der Waals surface area (Å²) in [6, 6.07) is 0. The minimum absolute atomic E-state index is 0.00302. The summed E-state index contributed by atoms with van der Waals surface area (Å²) in [5.74, 6) is 0.00302. The first-order valence-corrected chi connectivity index (χ1v) is 7.32. The summed E-state index contributed by atoms with van der Waals surface area (Å²) in [5, 5.41) is 9.88. The fourth-order valence-electron chi connectivity index (χ4n) is 1.87. The smallest absolute Gasteiger partial charge is 0.216 e. The van der Waals surface area contributed by atoms with E-state index in [9.17, 15) is 13.5 Å². The van der Waals surface area contributed by atoms with Gasteiger partial charge >= 0.3 is 0 Å². The average Bonchev–Trinajstić information content (AvgIpc) is 2.14. The molecule has 0 amide bonds. The molecule has 0 aromatic carbocycles. The van der Waals surface area contributed by atoms with Crippen molar-refractivity contribution in [3.8, 4) is 0 Å². The van der Waals surface area contributed by atoms with Crippen LogP contribution in [0.2, 0.25) is 0 Å². The van der Waals surface area contributed by atoms with E-state index in [0.29, 0.717) is 13.0 Å². The zero-order valence-corrected chi connectivity index (χ0v) is 10.8. The Bertz CT molecular complexity index is 309. The third-order valence-corrected chi connectivity index (χ3v) is 4.47. The normalized spacial score (nSPS) is 20.7. The summed E-state index contributed by atoms with van der Waals surface area (Å²) < 4.78 is 29.8. The van der Waals surface area contributed by atoms with Gasteiger partial charge in [0.2, 0.25) is 10.0 Å². The summed E-state index contributed by atoms with van der Waals surface area (Å²) in [6.45, 7) is 5.02. The van der Waals surface area contributed by atoms with E-state index in [2.05, 4.69) is 0 Å². The third-order valence-electron chi connectivity index (χ3n) is 2.74. The van der Waals surface area contributed by atoms with Gasteiger partial charge in [-0.2, -0.15) is 4.31 Å². The van der Waals surface area contributed by atoms with Crippen LogP contribution in [0.3, 0.4) is 0 Å². The maximum atomic E-state index is 11.7. The van der Waals surface area contributed by atoms with Gasteiger partial charge in [0, 0.05) is 19.7 Å². The molecule has 96 valence electrons. The Morgan fingerprint density at radius 2 is 2.00 bits per heavy atom. The topological polar surface area (TPSA) is 66.8 Å². The highest BCUT2D eigenvalue weighted by atomic mass is 32.2. The van der Waals surface area contributed by atoms with Crippen LogP contribution in [0.4, 0.5) is 0 Å². The van der Waals surface area contributed by atoms with Gasteiger partial charge in [0.1, 0.15) is 0 Å². The number of hydrogen-bond acceptors (Lipinski definition) is 4. The van der Waals surface area contributed by atoms with Gasteiger partial charge in [0.25, 0.3) is 0 Å². The fourth-order valence-corrected chi connectivity index (χ4v) is 3.33. The molecule has 0 aromatic heterocycles. The molecular formula is C10H21NO4S. The van der Waals surface area contributed by atoms with Crippen LogP contribution in [0.5, 0.6) is 0 Å². The molecule has 1 aliphatic rings. The summed E-state index contributed by atoms with van der Waals surface area (Å²) in [7, 11) is -3.24. The molecule has 1 heterocycles. The van der Waals surface area contributed by atoms with E-state index in [1.165, 1.54) is 4.31 Å². The van der Waals surface area contributed by atoms with Crippen molar-refractivity contribution in [2.75, 3.05) is 32.1 Å². The number of nitrogens with zero attached hydrogens (tertiary/aromatic N) is 1. The molecule has 1 N–H and O–H groups in total. The Morgan fingerprint density at radius 1 is 1.38 bits per heavy atom. The van der Waals surface area contributed by atoms with Crippen molar-refractivity contribution >= 4 is 10.0 Å². The predicted octanol–water partition coefficient (Wildman–Crippen LogP) is 0.200. The Hall–Kier alpha value is -0.170. The van der Waals surface area contributed by atoms with Crippen LogP contribution in [0, 0.1) is 0 Å². The van der Waals surface area contributed by atoms with Crippen LogP contribution in [-0.4, -0.2) is 55.5 Å². The Kier molecular flexibility index (Phi) is 4.73. The molecule has 0 radical (unpaired) electrons. The van der Waals surface area contributed by atoms with Crippen LogP contribution < -0.4 is 0 Å². The molecule has 1 saturated heterocycles. The molecule has 0 aliphatic carbocycles. The molecule has 0 atom stereocenters. The third kappa shape index (κ3) is 3.41. The van der Waals surface area contributed by atoms with Crippen molar-refractivity contribution in [2.24, 2.45) is 0 Å². The van der Waals surface area contributed by atoms with Gasteiger partial charge < -0.3 is 9.84 Å². The van der Waals surface area contributed by atoms with E-state index in [1.54, 1.807) is 0 Å². The first kappa shape index (κ1) is 13.9. The molecule has 0 aromatic rings. The van der Waals surface area contributed by atoms with Gasteiger partial charge in [-0.05, 0) is 13.3 Å². The molecule has 0 bridgehead atoms. The molecule has 6 heteroatoms. The lowest BCUT2D eigenvalue weighted by Gasteiger charge is -2.45. The van der Waals surface area contributed by atoms with Gasteiger partial charge in [-0.25, -0.2) is 8.42 Å². The van der Waals surface area contributed by atoms with Crippen LogP contribution >= 0.6 is 0 Å². The number of rotatable bonds is 7. The largest absolute Gasteiger partial charge is 0.387 e. The molecule has 1 fully saturated rings. The highest BCUT2D eigenvalue weighted by molar-refractivity contribution is 7.89. The van der Waals surface area contributed by atoms with Crippen LogP contribution in [0.15, 0.2) is 0 Å². The quantitative estimate of drug-likeness (QED) is 0.656. The van der Waals surface area contributed by atoms with E-state index >= 15 is 0 Å². The van der Waals surface area contributed by atoms with Crippen molar-refractivity contribution in [1.82, 2.24) is 4.31 Å². The summed E-state index contributed by atoms with van der Waals surface area (Å²) in [4.78, 5) is 0. The van der Waals surface area contributed by atoms with Gasteiger partial charge in [0.15, 0.2) is 0 Å². The fraction of sp³-hybridized carbons (Fsp3) is 1.00. The van der Waals surface area contributed by atoms with Crippen molar-refractivity contribution in [3.63, 3.8) is 0 Å². The molecule has 0 saturated carbocycles. The van der Waals surface area contributed by atoms with Crippen LogP contribution in [0.25, 0.3) is 0 Å². The van der Waals surface area contributed by atoms with E-state index in [4.69, 9.17) is 4.74 Å². The lowest BCUT2D eigenvalue weighted by atomic mass is 9.92. The molecule has 5 nitrogen and oxygen atoms in total. The minimum Gasteiger partial charge on any atom is -0.387 e. The van der Waals surface area contributed by atoms with Gasteiger partial charge in [-0.15, -0.1) is 0 Å². The monoisotopic (exact) mass is 251 g/mol. The zero-order chi connectivity index (χ0) is 12.2. The summed E-state index contributed by atoms with van der Waals surface area (Å²) >= 11 is 0. The number of aliphatic hydroxyl groups is 1. The second-order valence-electron chi connectivity index (χ2n) is 4.26. The highest BCUT2D eigenvalue weighted by Gasteiger charge is 2.45. The number of sulfonamides is 1. The maximum absolute atomic E-state index is 11.7. The molecule has 0 unspecified atom stereocenters. The first-order chi connectivity index (χ1) is 7.43. The molecule has 16 heavy (non-hydrogen) atoms. The number of β-amino-alcohol motifs (C(OH)–C–C–N with tert-alkyl or cyclic N) is 1. The Labute approximate surface area is 97.4 Å². The number of ether oxygens (including phenoxy) is 1. The number of hydrogen-bond donors (Lipinski definition) is 1. The summed E-state index contributed by atoms with van der Waals surface area (Å²) in [5.41, 5.74) is -0.798. The maximum Gasteiger partial charge on any atom is 0.216 e. The highest BCUT2D eigenvalue weighted by Crippen LogP contribution is 2.28. The standard InChI is InChI=1S/C10H21NO4S/c1-3-5-10(12)8-11(9-10)16(13,14)7-6-15-4-2/h12H,3-9H2,1-2H3. The minimum atomic E-state index is -3.24. The van der Waals surface area contributed by atoms with Crippen LogP contribution in [0.1, 0.15) is 26.7 Å². The predicted molar refractivity (Wildman–Crippen MR) is 61.7 cm³/mol. The van der Waals surface area contributed by atoms with Crippen molar-refractivity contribution in [3.05, 3.63) is 0 Å². The Morgan fingerprint density at radius 3 is 2.50 bits per heavy atom. The van der Waals surface area contributed by atoms with Gasteiger partial charge in [-0.1, -0.05) is 13.3 Å². The van der Waals surface area contributed by atoms with E-state index in [0.717, 1.165) is 6.42 Å². The zero-order valence-electron chi connectivity index (χ0n) is 9.98. The second-order valence-corrected chi connectivity index (χ2v) is 6.34. The molecular weight excluding hydrogens is 230 g/mol. The Balaban J connectivity index is 2.37. The second kappa shape index (κ2) is 5.44.